The van der Waals surface area contributed by atoms with Gasteiger partial charge in [-0.2, -0.15) is 18.3 Å². The fourth-order valence-corrected chi connectivity index (χ4v) is 4.74. The van der Waals surface area contributed by atoms with Gasteiger partial charge >= 0.3 is 6.18 Å². The summed E-state index contributed by atoms with van der Waals surface area (Å²) in [7, 11) is 0. The molecule has 0 aliphatic rings. The largest absolute Gasteiger partial charge is 0.457 e. The van der Waals surface area contributed by atoms with Crippen LogP contribution in [0.2, 0.25) is 0 Å². The molecule has 1 N–H and O–H groups in total. The van der Waals surface area contributed by atoms with E-state index in [9.17, 15) is 28.1 Å². The van der Waals surface area contributed by atoms with Gasteiger partial charge in [0.05, 0.1) is 28.6 Å². The Balaban J connectivity index is 1.42. The van der Waals surface area contributed by atoms with Gasteiger partial charge in [-0.25, -0.2) is 9.50 Å². The number of benzene rings is 4. The van der Waals surface area contributed by atoms with Crippen LogP contribution in [0.1, 0.15) is 21.6 Å². The van der Waals surface area contributed by atoms with Gasteiger partial charge in [0, 0.05) is 17.7 Å². The number of carbonyl (C=O) groups is 1. The number of fused-ring (bicyclic) bond motifs is 2. The summed E-state index contributed by atoms with van der Waals surface area (Å²) in [6.45, 7) is 1.85. The van der Waals surface area contributed by atoms with E-state index in [2.05, 4.69) is 15.4 Å². The molecule has 43 heavy (non-hydrogen) atoms. The molecule has 6 aromatic rings. The predicted octanol–water partition coefficient (Wildman–Crippen LogP) is 7.83. The van der Waals surface area contributed by atoms with Crippen LogP contribution in [-0.2, 0) is 6.18 Å². The van der Waals surface area contributed by atoms with Gasteiger partial charge in [0.25, 0.3) is 11.6 Å². The van der Waals surface area contributed by atoms with Gasteiger partial charge < -0.3 is 10.1 Å². The topological polar surface area (TPSA) is 112 Å². The number of nitro groups is 1. The summed E-state index contributed by atoms with van der Waals surface area (Å²) in [5.74, 6) is -0.372. The number of hydrogen-bond acceptors (Lipinski definition) is 6. The molecule has 0 radical (unpaired) electrons. The monoisotopic (exact) mass is 583 g/mol. The number of anilines is 1. The first kappa shape index (κ1) is 27.4. The standard InChI is InChI=1S/C31H20F3N5O4/c1-18-6-4-9-22(12-18)43-23-14-20(13-21(15-23)39(41)42)36-30(40)26-17-35-38-28(31(32,33)34)16-27(37-29(26)38)25-11-5-8-19-7-2-3-10-24(19)25/h2-17H,1H3,(H,36,40). The van der Waals surface area contributed by atoms with E-state index in [1.165, 1.54) is 12.1 Å². The maximum absolute atomic E-state index is 14.2. The summed E-state index contributed by atoms with van der Waals surface area (Å²) in [4.78, 5) is 28.8. The number of nitrogens with one attached hydrogen (secondary N) is 1. The molecule has 0 aliphatic heterocycles. The molecule has 9 nitrogen and oxygen atoms in total. The Morgan fingerprint density at radius 3 is 2.49 bits per heavy atom. The van der Waals surface area contributed by atoms with Crippen molar-refractivity contribution in [3.05, 3.63) is 124 Å². The maximum atomic E-state index is 14.2. The number of hydrogen-bond donors (Lipinski definition) is 1. The molecule has 0 unspecified atom stereocenters. The van der Waals surface area contributed by atoms with Crippen molar-refractivity contribution in [2.75, 3.05) is 5.32 Å². The number of nitrogens with zero attached hydrogens (tertiary/aromatic N) is 4. The van der Waals surface area contributed by atoms with Crippen molar-refractivity contribution in [2.24, 2.45) is 0 Å². The summed E-state index contributed by atoms with van der Waals surface area (Å²) in [6.07, 6.45) is -3.84. The molecule has 1 amide bonds. The minimum absolute atomic E-state index is 0.00429. The molecule has 4 aromatic carbocycles. The molecule has 214 valence electrons. The zero-order valence-corrected chi connectivity index (χ0v) is 22.3. The minimum Gasteiger partial charge on any atom is -0.457 e. The van der Waals surface area contributed by atoms with Crippen LogP contribution in [0.4, 0.5) is 24.5 Å². The molecule has 0 saturated heterocycles. The van der Waals surface area contributed by atoms with Crippen molar-refractivity contribution in [1.82, 2.24) is 14.6 Å². The molecule has 0 aliphatic carbocycles. The van der Waals surface area contributed by atoms with Crippen LogP contribution < -0.4 is 10.1 Å². The zero-order chi connectivity index (χ0) is 30.3. The van der Waals surface area contributed by atoms with E-state index in [4.69, 9.17) is 4.74 Å². The third-order valence-electron chi connectivity index (χ3n) is 6.66. The summed E-state index contributed by atoms with van der Waals surface area (Å²) in [5, 5.41) is 19.4. The Hall–Kier alpha value is -5.78. The molecular formula is C31H20F3N5O4. The Labute approximate surface area is 241 Å². The maximum Gasteiger partial charge on any atom is 0.433 e. The van der Waals surface area contributed by atoms with Crippen molar-refractivity contribution in [3.8, 4) is 22.8 Å². The number of rotatable bonds is 6. The van der Waals surface area contributed by atoms with Gasteiger partial charge in [0.15, 0.2) is 11.3 Å². The average molecular weight is 584 g/mol. The highest BCUT2D eigenvalue weighted by Crippen LogP contribution is 2.35. The third-order valence-corrected chi connectivity index (χ3v) is 6.66. The molecule has 0 bridgehead atoms. The van der Waals surface area contributed by atoms with E-state index in [-0.39, 0.29) is 34.0 Å². The number of aromatic nitrogens is 3. The van der Waals surface area contributed by atoms with Crippen LogP contribution in [0, 0.1) is 17.0 Å². The lowest BCUT2D eigenvalue weighted by molar-refractivity contribution is -0.384. The lowest BCUT2D eigenvalue weighted by Gasteiger charge is -2.13. The number of alkyl halides is 3. The average Bonchev–Trinajstić information content (AvgIpc) is 3.40. The van der Waals surface area contributed by atoms with Crippen LogP contribution in [-0.4, -0.2) is 25.4 Å². The van der Waals surface area contributed by atoms with Crippen LogP contribution >= 0.6 is 0 Å². The Bertz CT molecular complexity index is 2050. The lowest BCUT2D eigenvalue weighted by Crippen LogP contribution is -2.16. The highest BCUT2D eigenvalue weighted by Gasteiger charge is 2.36. The third kappa shape index (κ3) is 5.45. The van der Waals surface area contributed by atoms with Gasteiger partial charge in [0.1, 0.15) is 17.1 Å². The van der Waals surface area contributed by atoms with E-state index >= 15 is 0 Å². The molecule has 0 fully saturated rings. The van der Waals surface area contributed by atoms with Gasteiger partial charge in [-0.1, -0.05) is 54.6 Å². The van der Waals surface area contributed by atoms with Gasteiger partial charge in [-0.3, -0.25) is 14.9 Å². The molecule has 0 saturated carbocycles. The Morgan fingerprint density at radius 2 is 1.72 bits per heavy atom. The smallest absolute Gasteiger partial charge is 0.433 e. The first-order chi connectivity index (χ1) is 20.6. The number of halogens is 3. The molecule has 2 aromatic heterocycles. The van der Waals surface area contributed by atoms with E-state index in [0.29, 0.717) is 21.2 Å². The van der Waals surface area contributed by atoms with Gasteiger partial charge in [0.2, 0.25) is 0 Å². The molecule has 6 rings (SSSR count). The van der Waals surface area contributed by atoms with Crippen LogP contribution in [0.25, 0.3) is 27.7 Å². The van der Waals surface area contributed by atoms with Crippen LogP contribution in [0.15, 0.2) is 97.2 Å². The predicted molar refractivity (Wildman–Crippen MR) is 153 cm³/mol. The quantitative estimate of drug-likeness (QED) is 0.158. The highest BCUT2D eigenvalue weighted by atomic mass is 19.4. The second-order valence-corrected chi connectivity index (χ2v) is 9.69. The fraction of sp³-hybridized carbons (Fsp3) is 0.0645. The number of non-ortho nitro benzene ring substituents is 1. The number of aryl methyl sites for hydroxylation is 1. The number of nitro benzene ring substituents is 1. The second-order valence-electron chi connectivity index (χ2n) is 9.69. The Morgan fingerprint density at radius 1 is 0.953 bits per heavy atom. The first-order valence-electron chi connectivity index (χ1n) is 12.9. The number of ether oxygens (including phenoxy) is 1. The fourth-order valence-electron chi connectivity index (χ4n) is 4.74. The summed E-state index contributed by atoms with van der Waals surface area (Å²) < 4.78 is 48.9. The van der Waals surface area contributed by atoms with Gasteiger partial charge in [-0.15, -0.1) is 0 Å². The van der Waals surface area contributed by atoms with E-state index in [0.717, 1.165) is 29.3 Å². The summed E-state index contributed by atoms with van der Waals surface area (Å²) in [6, 6.07) is 23.9. The molecular weight excluding hydrogens is 563 g/mol. The van der Waals surface area contributed by atoms with E-state index in [1.807, 2.05) is 31.2 Å². The van der Waals surface area contributed by atoms with Crippen LogP contribution in [0.3, 0.4) is 0 Å². The zero-order valence-electron chi connectivity index (χ0n) is 22.3. The highest BCUT2D eigenvalue weighted by molar-refractivity contribution is 6.08. The SMILES string of the molecule is Cc1cccc(Oc2cc(NC(=O)c3cnn4c(C(F)(F)F)cc(-c5cccc6ccccc56)nc34)cc([N+](=O)[O-])c2)c1. The van der Waals surface area contributed by atoms with Crippen molar-refractivity contribution in [1.29, 1.82) is 0 Å². The second kappa shape index (κ2) is 10.6. The number of carbonyl (C=O) groups excluding carboxylic acids is 1. The van der Waals surface area contributed by atoms with E-state index in [1.54, 1.807) is 42.5 Å². The van der Waals surface area contributed by atoms with E-state index < -0.39 is 22.7 Å². The summed E-state index contributed by atoms with van der Waals surface area (Å²) in [5.41, 5.74) is -0.761. The van der Waals surface area contributed by atoms with Crippen molar-refractivity contribution < 1.29 is 27.6 Å². The molecule has 0 spiro atoms. The number of amides is 1. The normalized spacial score (nSPS) is 11.5. The van der Waals surface area contributed by atoms with Crippen LogP contribution in [0.5, 0.6) is 11.5 Å². The molecule has 2 heterocycles. The molecule has 12 heteroatoms. The van der Waals surface area contributed by atoms with Gasteiger partial charge in [-0.05, 0) is 41.5 Å². The van der Waals surface area contributed by atoms with Crippen molar-refractivity contribution >= 4 is 33.7 Å². The minimum atomic E-state index is -4.82. The Kier molecular flexibility index (Phi) is 6.73. The first-order valence-corrected chi connectivity index (χ1v) is 12.9. The summed E-state index contributed by atoms with van der Waals surface area (Å²) >= 11 is 0. The molecule has 0 atom stereocenters. The lowest BCUT2D eigenvalue weighted by atomic mass is 10.0. The van der Waals surface area contributed by atoms with Crippen molar-refractivity contribution in [2.45, 2.75) is 13.1 Å². The van der Waals surface area contributed by atoms with Crippen molar-refractivity contribution in [3.63, 3.8) is 0 Å².